The Morgan fingerprint density at radius 2 is 1.85 bits per heavy atom. The summed E-state index contributed by atoms with van der Waals surface area (Å²) in [5.41, 5.74) is 0. The summed E-state index contributed by atoms with van der Waals surface area (Å²) in [5.74, 6) is -2.77. The van der Waals surface area contributed by atoms with Gasteiger partial charge in [0.2, 0.25) is 0 Å². The van der Waals surface area contributed by atoms with Gasteiger partial charge in [-0.2, -0.15) is 0 Å². The van der Waals surface area contributed by atoms with E-state index in [-0.39, 0.29) is 13.2 Å². The molecule has 0 aromatic carbocycles. The fourth-order valence-corrected chi connectivity index (χ4v) is 1.18. The summed E-state index contributed by atoms with van der Waals surface area (Å²) >= 11 is 0. The van der Waals surface area contributed by atoms with E-state index in [4.69, 9.17) is 5.11 Å². The predicted octanol–water partition coefficient (Wildman–Crippen LogP) is -0.793. The Morgan fingerprint density at radius 3 is 2.30 bits per heavy atom. The first-order valence-corrected chi connectivity index (χ1v) is 5.78. The topological polar surface area (TPSA) is 122 Å². The first-order valence-electron chi connectivity index (χ1n) is 5.78. The van der Waals surface area contributed by atoms with Crippen molar-refractivity contribution < 1.29 is 33.8 Å². The van der Waals surface area contributed by atoms with Gasteiger partial charge in [0.05, 0.1) is 20.1 Å². The number of rotatable bonds is 7. The van der Waals surface area contributed by atoms with Crippen molar-refractivity contribution in [2.45, 2.75) is 19.4 Å². The Morgan fingerprint density at radius 1 is 1.25 bits per heavy atom. The maximum Gasteiger partial charge on any atom is 0.326 e. The summed E-state index contributed by atoms with van der Waals surface area (Å²) < 4.78 is 8.97. The second-order valence-electron chi connectivity index (χ2n) is 3.78. The summed E-state index contributed by atoms with van der Waals surface area (Å²) in [6.07, 6.45) is -0.509. The number of ether oxygens (including phenoxy) is 2. The number of amides is 2. The molecule has 2 amide bonds. The largest absolute Gasteiger partial charge is 0.480 e. The number of esters is 2. The normalized spacial score (nSPS) is 11.2. The van der Waals surface area contributed by atoms with Gasteiger partial charge < -0.3 is 24.8 Å². The van der Waals surface area contributed by atoms with E-state index < -0.39 is 36.4 Å². The fourth-order valence-electron chi connectivity index (χ4n) is 1.18. The van der Waals surface area contributed by atoms with Crippen molar-refractivity contribution >= 4 is 23.9 Å². The van der Waals surface area contributed by atoms with Crippen LogP contribution in [0, 0.1) is 0 Å². The molecule has 0 aliphatic carbocycles. The molecule has 0 radical (unpaired) electrons. The fraction of sp³-hybridized carbons (Fsp3) is 0.636. The van der Waals surface area contributed by atoms with Crippen LogP contribution < -0.4 is 5.32 Å². The average molecular weight is 290 g/mol. The van der Waals surface area contributed by atoms with Crippen molar-refractivity contribution in [2.75, 3.05) is 27.3 Å². The van der Waals surface area contributed by atoms with E-state index in [2.05, 4.69) is 14.8 Å². The second-order valence-corrected chi connectivity index (χ2v) is 3.78. The number of hydrogen-bond acceptors (Lipinski definition) is 6. The van der Waals surface area contributed by atoms with Gasteiger partial charge in [-0.15, -0.1) is 0 Å². The predicted molar refractivity (Wildman–Crippen MR) is 65.9 cm³/mol. The highest BCUT2D eigenvalue weighted by Crippen LogP contribution is 1.97. The van der Waals surface area contributed by atoms with Crippen LogP contribution >= 0.6 is 0 Å². The van der Waals surface area contributed by atoms with Crippen LogP contribution in [0.15, 0.2) is 0 Å². The minimum absolute atomic E-state index is 0.175. The first-order chi connectivity index (χ1) is 9.31. The van der Waals surface area contributed by atoms with Gasteiger partial charge in [0.1, 0.15) is 12.6 Å². The molecule has 0 aromatic heterocycles. The third-order valence-corrected chi connectivity index (χ3v) is 2.21. The molecule has 0 rings (SSSR count). The summed E-state index contributed by atoms with van der Waals surface area (Å²) in [5, 5.41) is 11.0. The highest BCUT2D eigenvalue weighted by atomic mass is 16.5. The van der Waals surface area contributed by atoms with E-state index >= 15 is 0 Å². The van der Waals surface area contributed by atoms with Crippen LogP contribution in [0.2, 0.25) is 0 Å². The van der Waals surface area contributed by atoms with Crippen molar-refractivity contribution in [3.05, 3.63) is 0 Å². The lowest BCUT2D eigenvalue weighted by Gasteiger charge is -2.20. The number of carbonyl (C=O) groups excluding carboxylic acids is 3. The van der Waals surface area contributed by atoms with Gasteiger partial charge in [-0.3, -0.25) is 9.59 Å². The van der Waals surface area contributed by atoms with Crippen LogP contribution in [-0.2, 0) is 23.9 Å². The minimum atomic E-state index is -1.43. The van der Waals surface area contributed by atoms with E-state index in [1.165, 1.54) is 7.05 Å². The molecule has 1 atom stereocenters. The molecular weight excluding hydrogens is 272 g/mol. The van der Waals surface area contributed by atoms with Gasteiger partial charge in [0.15, 0.2) is 0 Å². The third kappa shape index (κ3) is 6.57. The molecule has 0 aliphatic heterocycles. The summed E-state index contributed by atoms with van der Waals surface area (Å²) in [7, 11) is 2.40. The SMILES string of the molecule is CCOC(=O)CN(C)C(=O)N[C@@H](CC(=O)OC)C(=O)O. The van der Waals surface area contributed by atoms with Gasteiger partial charge >= 0.3 is 23.9 Å². The number of carboxylic acid groups (broad SMARTS) is 1. The molecule has 0 saturated heterocycles. The molecule has 0 unspecified atom stereocenters. The Hall–Kier alpha value is -2.32. The molecule has 0 aliphatic rings. The molecule has 2 N–H and O–H groups in total. The van der Waals surface area contributed by atoms with E-state index in [0.29, 0.717) is 0 Å². The van der Waals surface area contributed by atoms with Crippen molar-refractivity contribution in [1.82, 2.24) is 10.2 Å². The maximum atomic E-state index is 11.7. The second kappa shape index (κ2) is 8.73. The smallest absolute Gasteiger partial charge is 0.326 e. The van der Waals surface area contributed by atoms with E-state index in [1.807, 2.05) is 0 Å². The first kappa shape index (κ1) is 17.7. The highest BCUT2D eigenvalue weighted by Gasteiger charge is 2.25. The zero-order chi connectivity index (χ0) is 15.7. The van der Waals surface area contributed by atoms with Gasteiger partial charge in [0.25, 0.3) is 0 Å². The molecule has 0 heterocycles. The van der Waals surface area contributed by atoms with Crippen molar-refractivity contribution in [1.29, 1.82) is 0 Å². The monoisotopic (exact) mass is 290 g/mol. The number of aliphatic carboxylic acids is 1. The standard InChI is InChI=1S/C11H18N2O7/c1-4-20-9(15)6-13(2)11(18)12-7(10(16)17)5-8(14)19-3/h7H,4-6H2,1-3H3,(H,12,18)(H,16,17)/t7-/m0/s1. The van der Waals surface area contributed by atoms with Gasteiger partial charge in [-0.05, 0) is 6.92 Å². The molecule has 9 nitrogen and oxygen atoms in total. The molecule has 9 heteroatoms. The molecule has 114 valence electrons. The third-order valence-electron chi connectivity index (χ3n) is 2.21. The molecule has 0 bridgehead atoms. The van der Waals surface area contributed by atoms with Gasteiger partial charge in [0, 0.05) is 7.05 Å². The molecule has 20 heavy (non-hydrogen) atoms. The molecule has 0 fully saturated rings. The van der Waals surface area contributed by atoms with E-state index in [9.17, 15) is 19.2 Å². The zero-order valence-corrected chi connectivity index (χ0v) is 11.5. The molecular formula is C11H18N2O7. The summed E-state index contributed by atoms with van der Waals surface area (Å²) in [6.45, 7) is 1.47. The maximum absolute atomic E-state index is 11.7. The van der Waals surface area contributed by atoms with Crippen molar-refractivity contribution in [3.63, 3.8) is 0 Å². The number of carbonyl (C=O) groups is 4. The van der Waals surface area contributed by atoms with Crippen LogP contribution in [0.1, 0.15) is 13.3 Å². The number of urea groups is 1. The van der Waals surface area contributed by atoms with Crippen LogP contribution in [0.25, 0.3) is 0 Å². The Labute approximate surface area is 115 Å². The van der Waals surface area contributed by atoms with Gasteiger partial charge in [-0.1, -0.05) is 0 Å². The number of methoxy groups -OCH3 is 1. The lowest BCUT2D eigenvalue weighted by molar-refractivity contribution is -0.147. The molecule has 0 saturated carbocycles. The number of nitrogens with one attached hydrogen (secondary N) is 1. The van der Waals surface area contributed by atoms with Crippen LogP contribution in [0.3, 0.4) is 0 Å². The van der Waals surface area contributed by atoms with E-state index in [1.54, 1.807) is 6.92 Å². The van der Waals surface area contributed by atoms with Crippen molar-refractivity contribution in [2.24, 2.45) is 0 Å². The van der Waals surface area contributed by atoms with Crippen LogP contribution in [0.4, 0.5) is 4.79 Å². The van der Waals surface area contributed by atoms with Crippen LogP contribution in [-0.4, -0.2) is 67.3 Å². The zero-order valence-electron chi connectivity index (χ0n) is 11.5. The molecule has 0 spiro atoms. The van der Waals surface area contributed by atoms with E-state index in [0.717, 1.165) is 12.0 Å². The quantitative estimate of drug-likeness (QED) is 0.589. The van der Waals surface area contributed by atoms with Gasteiger partial charge in [-0.25, -0.2) is 9.59 Å². The average Bonchev–Trinajstić information content (AvgIpc) is 2.37. The minimum Gasteiger partial charge on any atom is -0.480 e. The van der Waals surface area contributed by atoms with Crippen molar-refractivity contribution in [3.8, 4) is 0 Å². The number of nitrogens with zero attached hydrogens (tertiary/aromatic N) is 1. The van der Waals surface area contributed by atoms with Crippen LogP contribution in [0.5, 0.6) is 0 Å². The summed E-state index contributed by atoms with van der Waals surface area (Å²) in [6, 6.07) is -2.24. The molecule has 0 aromatic rings. The Balaban J connectivity index is 4.48. The number of hydrogen-bond donors (Lipinski definition) is 2. The summed E-state index contributed by atoms with van der Waals surface area (Å²) in [4.78, 5) is 45.7. The number of likely N-dealkylation sites (N-methyl/N-ethyl adjacent to an activating group) is 1. The Bertz CT molecular complexity index is 383. The lowest BCUT2D eigenvalue weighted by atomic mass is 10.2. The Kier molecular flexibility index (Phi) is 7.71. The highest BCUT2D eigenvalue weighted by molar-refractivity contribution is 5.87. The lowest BCUT2D eigenvalue weighted by Crippen LogP contribution is -2.48. The number of carboxylic acids is 1.